The summed E-state index contributed by atoms with van der Waals surface area (Å²) in [6.45, 7) is 2.36. The first-order chi connectivity index (χ1) is 10.9. The molecule has 1 amide bonds. The van der Waals surface area contributed by atoms with E-state index in [0.717, 1.165) is 18.4 Å². The molecule has 0 bridgehead atoms. The number of hydrogen-bond acceptors (Lipinski definition) is 5. The van der Waals surface area contributed by atoms with Gasteiger partial charge in [-0.05, 0) is 43.4 Å². The van der Waals surface area contributed by atoms with Gasteiger partial charge in [-0.15, -0.1) is 0 Å². The molecule has 0 radical (unpaired) electrons. The Morgan fingerprint density at radius 2 is 2.04 bits per heavy atom. The van der Waals surface area contributed by atoms with Gasteiger partial charge in [0.05, 0.1) is 7.11 Å². The molecule has 1 aliphatic heterocycles. The number of likely N-dealkylation sites (tertiary alicyclic amines) is 1. The zero-order chi connectivity index (χ0) is 17.0. The number of phenols is 2. The summed E-state index contributed by atoms with van der Waals surface area (Å²) < 4.78 is 4.80. The van der Waals surface area contributed by atoms with Crippen molar-refractivity contribution < 1.29 is 24.5 Å². The van der Waals surface area contributed by atoms with Crippen molar-refractivity contribution in [3.63, 3.8) is 0 Å². The van der Waals surface area contributed by atoms with Crippen molar-refractivity contribution in [3.8, 4) is 11.5 Å². The zero-order valence-electron chi connectivity index (χ0n) is 13.5. The maximum absolute atomic E-state index is 12.7. The Morgan fingerprint density at radius 3 is 2.70 bits per heavy atom. The number of nitrogens with zero attached hydrogens (tertiary/aromatic N) is 1. The lowest BCUT2D eigenvalue weighted by Crippen LogP contribution is -2.50. The maximum Gasteiger partial charge on any atom is 0.328 e. The van der Waals surface area contributed by atoms with E-state index in [4.69, 9.17) is 4.74 Å². The third kappa shape index (κ3) is 3.94. The average Bonchev–Trinajstić information content (AvgIpc) is 2.56. The van der Waals surface area contributed by atoms with Gasteiger partial charge in [0.15, 0.2) is 11.5 Å². The Morgan fingerprint density at radius 1 is 1.30 bits per heavy atom. The zero-order valence-corrected chi connectivity index (χ0v) is 13.5. The van der Waals surface area contributed by atoms with E-state index in [2.05, 4.69) is 0 Å². The summed E-state index contributed by atoms with van der Waals surface area (Å²) in [4.78, 5) is 26.2. The lowest BCUT2D eigenvalue weighted by molar-refractivity contribution is -0.156. The van der Waals surface area contributed by atoms with Gasteiger partial charge in [-0.25, -0.2) is 4.79 Å². The Labute approximate surface area is 135 Å². The minimum atomic E-state index is -0.503. The third-order valence-corrected chi connectivity index (χ3v) is 4.26. The molecule has 1 aromatic carbocycles. The molecular formula is C17H23NO5. The van der Waals surface area contributed by atoms with Crippen LogP contribution in [0.3, 0.4) is 0 Å². The third-order valence-electron chi connectivity index (χ3n) is 4.26. The molecule has 1 fully saturated rings. The van der Waals surface area contributed by atoms with Crippen LogP contribution in [-0.4, -0.2) is 46.7 Å². The van der Waals surface area contributed by atoms with Gasteiger partial charge in [0.2, 0.25) is 5.91 Å². The summed E-state index contributed by atoms with van der Waals surface area (Å²) in [6.07, 6.45) is 2.85. The minimum absolute atomic E-state index is 0.0901. The molecule has 0 saturated carbocycles. The molecule has 1 aliphatic rings. The van der Waals surface area contributed by atoms with Crippen LogP contribution < -0.4 is 0 Å². The molecule has 126 valence electrons. The number of carbonyl (C=O) groups excluding carboxylic acids is 2. The predicted octanol–water partition coefficient (Wildman–Crippen LogP) is 1.83. The van der Waals surface area contributed by atoms with Gasteiger partial charge in [-0.1, -0.05) is 13.0 Å². The van der Waals surface area contributed by atoms with Crippen LogP contribution in [0.5, 0.6) is 11.5 Å². The first-order valence-electron chi connectivity index (χ1n) is 7.83. The number of methoxy groups -OCH3 is 1. The Balaban J connectivity index is 2.07. The molecule has 1 saturated heterocycles. The smallest absolute Gasteiger partial charge is 0.328 e. The maximum atomic E-state index is 12.7. The second-order valence-corrected chi connectivity index (χ2v) is 5.99. The molecule has 0 aromatic heterocycles. The van der Waals surface area contributed by atoms with E-state index in [1.165, 1.54) is 19.2 Å². The van der Waals surface area contributed by atoms with Crippen molar-refractivity contribution in [2.24, 2.45) is 5.92 Å². The van der Waals surface area contributed by atoms with Crippen LogP contribution >= 0.6 is 0 Å². The highest BCUT2D eigenvalue weighted by Gasteiger charge is 2.34. The van der Waals surface area contributed by atoms with Gasteiger partial charge in [-0.3, -0.25) is 4.79 Å². The Bertz CT molecular complexity index is 586. The molecule has 23 heavy (non-hydrogen) atoms. The van der Waals surface area contributed by atoms with Crippen molar-refractivity contribution in [2.45, 2.75) is 38.6 Å². The number of carbonyl (C=O) groups is 2. The van der Waals surface area contributed by atoms with E-state index in [-0.39, 0.29) is 29.3 Å². The second kappa shape index (κ2) is 7.35. The normalized spacial score (nSPS) is 19.2. The van der Waals surface area contributed by atoms with Gasteiger partial charge in [0, 0.05) is 12.5 Å². The van der Waals surface area contributed by atoms with Crippen LogP contribution in [0.2, 0.25) is 0 Å². The first kappa shape index (κ1) is 17.1. The van der Waals surface area contributed by atoms with E-state index in [1.54, 1.807) is 17.9 Å². The minimum Gasteiger partial charge on any atom is -0.504 e. The van der Waals surface area contributed by atoms with Gasteiger partial charge in [-0.2, -0.15) is 0 Å². The van der Waals surface area contributed by atoms with Crippen LogP contribution in [-0.2, 0) is 20.7 Å². The summed E-state index contributed by atoms with van der Waals surface area (Å²) in [5, 5.41) is 18.9. The molecule has 1 aromatic rings. The highest BCUT2D eigenvalue weighted by atomic mass is 16.5. The summed E-state index contributed by atoms with van der Waals surface area (Å²) >= 11 is 0. The van der Waals surface area contributed by atoms with E-state index in [0.29, 0.717) is 19.4 Å². The van der Waals surface area contributed by atoms with E-state index in [9.17, 15) is 19.8 Å². The number of rotatable bonds is 4. The van der Waals surface area contributed by atoms with E-state index < -0.39 is 6.04 Å². The molecule has 6 heteroatoms. The number of amides is 1. The summed E-state index contributed by atoms with van der Waals surface area (Å²) in [6, 6.07) is 4.02. The molecule has 0 aliphatic carbocycles. The summed E-state index contributed by atoms with van der Waals surface area (Å²) in [7, 11) is 1.34. The van der Waals surface area contributed by atoms with E-state index in [1.807, 2.05) is 0 Å². The molecule has 2 rings (SSSR count). The molecule has 2 atom stereocenters. The number of piperidine rings is 1. The Hall–Kier alpha value is -2.24. The van der Waals surface area contributed by atoms with Crippen molar-refractivity contribution in [1.82, 2.24) is 4.90 Å². The quantitative estimate of drug-likeness (QED) is 0.652. The fourth-order valence-corrected chi connectivity index (χ4v) is 3.00. The van der Waals surface area contributed by atoms with Gasteiger partial charge in [0.1, 0.15) is 6.04 Å². The topological polar surface area (TPSA) is 87.1 Å². The van der Waals surface area contributed by atoms with Crippen molar-refractivity contribution in [2.75, 3.05) is 13.7 Å². The fraction of sp³-hybridized carbons (Fsp3) is 0.529. The second-order valence-electron chi connectivity index (χ2n) is 5.99. The van der Waals surface area contributed by atoms with Crippen LogP contribution in [0.25, 0.3) is 0 Å². The first-order valence-corrected chi connectivity index (χ1v) is 7.83. The molecule has 1 heterocycles. The molecular weight excluding hydrogens is 298 g/mol. The SMILES string of the molecule is COC(=O)C1CCCCN1C(=O)C(C)Cc1ccc(O)c(O)c1. The van der Waals surface area contributed by atoms with Crippen molar-refractivity contribution in [3.05, 3.63) is 23.8 Å². The van der Waals surface area contributed by atoms with Gasteiger partial charge in [0.25, 0.3) is 0 Å². The van der Waals surface area contributed by atoms with Gasteiger partial charge < -0.3 is 19.8 Å². The van der Waals surface area contributed by atoms with Crippen LogP contribution in [0, 0.1) is 5.92 Å². The standard InChI is InChI=1S/C17H23NO5/c1-11(9-12-6-7-14(19)15(20)10-12)16(21)18-8-4-3-5-13(18)17(22)23-2/h6-7,10-11,13,19-20H,3-5,8-9H2,1-2H3. The summed E-state index contributed by atoms with van der Waals surface area (Å²) in [5.41, 5.74) is 0.757. The number of ether oxygens (including phenoxy) is 1. The highest BCUT2D eigenvalue weighted by molar-refractivity contribution is 5.86. The lowest BCUT2D eigenvalue weighted by Gasteiger charge is -2.35. The Kier molecular flexibility index (Phi) is 5.47. The highest BCUT2D eigenvalue weighted by Crippen LogP contribution is 2.27. The predicted molar refractivity (Wildman–Crippen MR) is 84.0 cm³/mol. The number of benzene rings is 1. The van der Waals surface area contributed by atoms with Gasteiger partial charge >= 0.3 is 5.97 Å². The number of esters is 1. The molecule has 0 spiro atoms. The van der Waals surface area contributed by atoms with Crippen molar-refractivity contribution in [1.29, 1.82) is 0 Å². The number of phenolic OH excluding ortho intramolecular Hbond substituents is 2. The molecule has 2 N–H and O–H groups in total. The van der Waals surface area contributed by atoms with Crippen LogP contribution in [0.1, 0.15) is 31.7 Å². The lowest BCUT2D eigenvalue weighted by atomic mass is 9.95. The van der Waals surface area contributed by atoms with E-state index >= 15 is 0 Å². The number of hydrogen-bond donors (Lipinski definition) is 2. The molecule has 6 nitrogen and oxygen atoms in total. The fourth-order valence-electron chi connectivity index (χ4n) is 3.00. The van der Waals surface area contributed by atoms with Crippen LogP contribution in [0.15, 0.2) is 18.2 Å². The average molecular weight is 321 g/mol. The van der Waals surface area contributed by atoms with Crippen molar-refractivity contribution >= 4 is 11.9 Å². The molecule has 2 unspecified atom stereocenters. The van der Waals surface area contributed by atoms with Crippen LogP contribution in [0.4, 0.5) is 0 Å². The summed E-state index contributed by atoms with van der Waals surface area (Å²) in [5.74, 6) is -1.17. The largest absolute Gasteiger partial charge is 0.504 e. The number of aromatic hydroxyl groups is 2. The monoisotopic (exact) mass is 321 g/mol.